The van der Waals surface area contributed by atoms with Crippen molar-refractivity contribution in [3.05, 3.63) is 0 Å². The highest BCUT2D eigenvalue weighted by Gasteiger charge is 2.20. The van der Waals surface area contributed by atoms with E-state index in [1.54, 1.807) is 6.26 Å². The molecule has 1 rings (SSSR count). The van der Waals surface area contributed by atoms with Gasteiger partial charge in [0.2, 0.25) is 5.91 Å². The molecule has 16 heavy (non-hydrogen) atoms. The van der Waals surface area contributed by atoms with Crippen LogP contribution in [0.5, 0.6) is 0 Å². The second-order valence-corrected chi connectivity index (χ2v) is 5.77. The Morgan fingerprint density at radius 2 is 2.44 bits per heavy atom. The third-order valence-corrected chi connectivity index (χ3v) is 4.02. The van der Waals surface area contributed by atoms with Gasteiger partial charge in [-0.2, -0.15) is 0 Å². The van der Waals surface area contributed by atoms with E-state index in [1.165, 1.54) is 0 Å². The Morgan fingerprint density at radius 1 is 1.69 bits per heavy atom. The summed E-state index contributed by atoms with van der Waals surface area (Å²) in [5, 5.41) is 6.03. The van der Waals surface area contributed by atoms with Gasteiger partial charge in [0, 0.05) is 35.4 Å². The molecule has 0 radical (unpaired) electrons. The van der Waals surface area contributed by atoms with Crippen LogP contribution in [-0.2, 0) is 20.3 Å². The third-order valence-electron chi connectivity index (χ3n) is 2.65. The molecule has 0 saturated carbocycles. The first-order valence-electron chi connectivity index (χ1n) is 5.52. The summed E-state index contributed by atoms with van der Waals surface area (Å²) in [5.41, 5.74) is 0. The summed E-state index contributed by atoms with van der Waals surface area (Å²) in [6.45, 7) is 4.30. The third kappa shape index (κ3) is 4.59. The van der Waals surface area contributed by atoms with Crippen molar-refractivity contribution in [1.82, 2.24) is 10.6 Å². The Labute approximate surface area is 98.8 Å². The molecule has 1 amide bonds. The summed E-state index contributed by atoms with van der Waals surface area (Å²) in [4.78, 5) is 11.6. The minimum atomic E-state index is -0.821. The summed E-state index contributed by atoms with van der Waals surface area (Å²) < 4.78 is 16.3. The molecule has 1 aliphatic rings. The van der Waals surface area contributed by atoms with Gasteiger partial charge in [0.15, 0.2) is 0 Å². The van der Waals surface area contributed by atoms with Crippen molar-refractivity contribution >= 4 is 16.7 Å². The fraction of sp³-hybridized carbons (Fsp3) is 0.900. The molecule has 1 aliphatic heterocycles. The minimum Gasteiger partial charge on any atom is -0.378 e. The Kier molecular flexibility index (Phi) is 5.94. The van der Waals surface area contributed by atoms with Crippen LogP contribution in [0.25, 0.3) is 0 Å². The van der Waals surface area contributed by atoms with Crippen LogP contribution in [0.3, 0.4) is 0 Å². The zero-order valence-electron chi connectivity index (χ0n) is 9.82. The lowest BCUT2D eigenvalue weighted by Gasteiger charge is -2.23. The molecule has 0 aromatic carbocycles. The molecule has 2 N–H and O–H groups in total. The topological polar surface area (TPSA) is 67.4 Å². The zero-order chi connectivity index (χ0) is 12.0. The summed E-state index contributed by atoms with van der Waals surface area (Å²) in [6.07, 6.45) is 2.42. The first kappa shape index (κ1) is 13.6. The number of rotatable bonds is 5. The van der Waals surface area contributed by atoms with E-state index in [-0.39, 0.29) is 17.2 Å². The standard InChI is InChI=1S/C10H20N2O3S/c1-8(16(2)14)3-4-12-10(13)9-7-15-6-5-11-9/h8-9,11H,3-7H2,1-2H3,(H,12,13). The average molecular weight is 248 g/mol. The van der Waals surface area contributed by atoms with E-state index < -0.39 is 10.8 Å². The molecule has 3 atom stereocenters. The van der Waals surface area contributed by atoms with Crippen LogP contribution in [-0.4, -0.2) is 54.0 Å². The molecule has 3 unspecified atom stereocenters. The number of nitrogens with one attached hydrogen (secondary N) is 2. The number of hydrogen-bond acceptors (Lipinski definition) is 4. The predicted octanol–water partition coefficient (Wildman–Crippen LogP) is -0.752. The average Bonchev–Trinajstić information content (AvgIpc) is 2.29. The fourth-order valence-corrected chi connectivity index (χ4v) is 1.87. The molecule has 0 aliphatic carbocycles. The molecule has 1 fully saturated rings. The summed E-state index contributed by atoms with van der Waals surface area (Å²) in [7, 11) is -0.821. The van der Waals surface area contributed by atoms with Gasteiger partial charge in [0.05, 0.1) is 13.2 Å². The SMILES string of the molecule is CC(CCNC(=O)C1COCCN1)S(C)=O. The van der Waals surface area contributed by atoms with E-state index in [4.69, 9.17) is 4.74 Å². The van der Waals surface area contributed by atoms with Crippen molar-refractivity contribution in [2.75, 3.05) is 32.6 Å². The summed E-state index contributed by atoms with van der Waals surface area (Å²) >= 11 is 0. The summed E-state index contributed by atoms with van der Waals surface area (Å²) in [5.74, 6) is -0.0335. The van der Waals surface area contributed by atoms with Crippen molar-refractivity contribution in [1.29, 1.82) is 0 Å². The van der Waals surface area contributed by atoms with Gasteiger partial charge in [-0.25, -0.2) is 0 Å². The van der Waals surface area contributed by atoms with Gasteiger partial charge in [-0.05, 0) is 6.42 Å². The Bertz CT molecular complexity index is 254. The van der Waals surface area contributed by atoms with Gasteiger partial charge in [-0.3, -0.25) is 9.00 Å². The number of ether oxygens (including phenoxy) is 1. The van der Waals surface area contributed by atoms with Gasteiger partial charge in [-0.15, -0.1) is 0 Å². The number of carbonyl (C=O) groups is 1. The molecule has 6 heteroatoms. The highest BCUT2D eigenvalue weighted by atomic mass is 32.2. The number of morpholine rings is 1. The Morgan fingerprint density at radius 3 is 3.00 bits per heavy atom. The normalized spacial score (nSPS) is 24.8. The number of hydrogen-bond donors (Lipinski definition) is 2. The van der Waals surface area contributed by atoms with Crippen molar-refractivity contribution in [3.63, 3.8) is 0 Å². The maximum absolute atomic E-state index is 11.6. The Balaban J connectivity index is 2.16. The van der Waals surface area contributed by atoms with Crippen LogP contribution >= 0.6 is 0 Å². The molecule has 94 valence electrons. The lowest BCUT2D eigenvalue weighted by molar-refractivity contribution is -0.125. The second-order valence-electron chi connectivity index (χ2n) is 3.97. The van der Waals surface area contributed by atoms with Crippen LogP contribution in [0.4, 0.5) is 0 Å². The highest BCUT2D eigenvalue weighted by molar-refractivity contribution is 7.84. The first-order valence-corrected chi connectivity index (χ1v) is 7.14. The van der Waals surface area contributed by atoms with Gasteiger partial charge in [-0.1, -0.05) is 6.92 Å². The lowest BCUT2D eigenvalue weighted by Crippen LogP contribution is -2.51. The van der Waals surface area contributed by atoms with E-state index in [9.17, 15) is 9.00 Å². The van der Waals surface area contributed by atoms with Gasteiger partial charge >= 0.3 is 0 Å². The van der Waals surface area contributed by atoms with Gasteiger partial charge in [0.25, 0.3) is 0 Å². The molecular formula is C10H20N2O3S. The smallest absolute Gasteiger partial charge is 0.239 e. The minimum absolute atomic E-state index is 0.0335. The zero-order valence-corrected chi connectivity index (χ0v) is 10.6. The monoisotopic (exact) mass is 248 g/mol. The number of amides is 1. The fourth-order valence-electron chi connectivity index (χ4n) is 1.42. The van der Waals surface area contributed by atoms with E-state index in [1.807, 2.05) is 6.92 Å². The molecule has 0 spiro atoms. The van der Waals surface area contributed by atoms with E-state index in [2.05, 4.69) is 10.6 Å². The second kappa shape index (κ2) is 6.98. The van der Waals surface area contributed by atoms with Crippen LogP contribution in [0, 0.1) is 0 Å². The first-order chi connectivity index (χ1) is 7.61. The molecule has 0 bridgehead atoms. The molecule has 1 heterocycles. The predicted molar refractivity (Wildman–Crippen MR) is 63.8 cm³/mol. The Hall–Kier alpha value is -0.460. The molecule has 0 aromatic rings. The van der Waals surface area contributed by atoms with Crippen LogP contribution < -0.4 is 10.6 Å². The van der Waals surface area contributed by atoms with Crippen molar-refractivity contribution < 1.29 is 13.7 Å². The van der Waals surface area contributed by atoms with Crippen LogP contribution in [0.15, 0.2) is 0 Å². The maximum atomic E-state index is 11.6. The quantitative estimate of drug-likeness (QED) is 0.672. The van der Waals surface area contributed by atoms with Gasteiger partial charge in [0.1, 0.15) is 6.04 Å². The molecule has 1 saturated heterocycles. The van der Waals surface area contributed by atoms with E-state index in [0.29, 0.717) is 26.3 Å². The van der Waals surface area contributed by atoms with E-state index >= 15 is 0 Å². The van der Waals surface area contributed by atoms with Crippen LogP contribution in [0.1, 0.15) is 13.3 Å². The van der Waals surface area contributed by atoms with Crippen molar-refractivity contribution in [2.24, 2.45) is 0 Å². The summed E-state index contributed by atoms with van der Waals surface area (Å²) in [6, 6.07) is -0.240. The van der Waals surface area contributed by atoms with Crippen molar-refractivity contribution in [2.45, 2.75) is 24.6 Å². The van der Waals surface area contributed by atoms with Crippen LogP contribution in [0.2, 0.25) is 0 Å². The highest BCUT2D eigenvalue weighted by Crippen LogP contribution is 1.98. The van der Waals surface area contributed by atoms with Crippen molar-refractivity contribution in [3.8, 4) is 0 Å². The van der Waals surface area contributed by atoms with Gasteiger partial charge < -0.3 is 15.4 Å². The molecule has 5 nitrogen and oxygen atoms in total. The largest absolute Gasteiger partial charge is 0.378 e. The number of carbonyl (C=O) groups excluding carboxylic acids is 1. The lowest BCUT2D eigenvalue weighted by atomic mass is 10.2. The van der Waals surface area contributed by atoms with E-state index in [0.717, 1.165) is 6.42 Å². The molecular weight excluding hydrogens is 228 g/mol. The molecule has 0 aromatic heterocycles. The maximum Gasteiger partial charge on any atom is 0.239 e.